The second-order valence-corrected chi connectivity index (χ2v) is 13.2. The SMILES string of the molecule is CN(C(=O)C1CCS(=O)(=O)CC1)[C@@H](c1ccc([C@H]2C[C@@](C)(C(F)(F)F)c3c2cnc2cc(F)nn32)cc1)C(F)(F)F. The highest BCUT2D eigenvalue weighted by Crippen LogP contribution is 2.56. The molecule has 1 aliphatic carbocycles. The lowest BCUT2D eigenvalue weighted by molar-refractivity contribution is -0.190. The summed E-state index contributed by atoms with van der Waals surface area (Å²) in [6.45, 7) is 0.968. The van der Waals surface area contributed by atoms with Gasteiger partial charge in [0, 0.05) is 36.7 Å². The van der Waals surface area contributed by atoms with Gasteiger partial charge in [-0.05, 0) is 37.3 Å². The average molecular weight is 607 g/mol. The first kappa shape index (κ1) is 29.3. The smallest absolute Gasteiger partial charge is 0.330 e. The lowest BCUT2D eigenvalue weighted by Gasteiger charge is -2.34. The number of nitrogens with zero attached hydrogens (tertiary/aromatic N) is 4. The van der Waals surface area contributed by atoms with Gasteiger partial charge < -0.3 is 4.90 Å². The van der Waals surface area contributed by atoms with Crippen LogP contribution in [0, 0.1) is 11.9 Å². The number of amides is 1. The first-order chi connectivity index (χ1) is 18.9. The molecule has 2 aliphatic rings. The van der Waals surface area contributed by atoms with Gasteiger partial charge in [-0.3, -0.25) is 4.79 Å². The Labute approximate surface area is 230 Å². The molecule has 3 aromatic rings. The van der Waals surface area contributed by atoms with Crippen LogP contribution in [0.5, 0.6) is 0 Å². The fourth-order valence-corrected chi connectivity index (χ4v) is 7.47. The second kappa shape index (κ2) is 9.66. The van der Waals surface area contributed by atoms with Crippen LogP contribution in [-0.4, -0.2) is 64.7 Å². The highest BCUT2D eigenvalue weighted by molar-refractivity contribution is 7.91. The van der Waals surface area contributed by atoms with Crippen LogP contribution in [0.3, 0.4) is 0 Å². The summed E-state index contributed by atoms with van der Waals surface area (Å²) in [5.41, 5.74) is -2.74. The molecule has 0 unspecified atom stereocenters. The van der Waals surface area contributed by atoms with E-state index in [-0.39, 0.29) is 52.4 Å². The predicted octanol–water partition coefficient (Wildman–Crippen LogP) is 5.11. The monoisotopic (exact) mass is 606 g/mol. The van der Waals surface area contributed by atoms with E-state index in [0.717, 1.165) is 36.7 Å². The zero-order chi connectivity index (χ0) is 30.1. The number of sulfone groups is 1. The molecule has 1 saturated heterocycles. The van der Waals surface area contributed by atoms with Crippen LogP contribution in [0.4, 0.5) is 30.7 Å². The first-order valence-electron chi connectivity index (χ1n) is 12.7. The molecule has 0 bridgehead atoms. The second-order valence-electron chi connectivity index (χ2n) is 10.9. The van der Waals surface area contributed by atoms with Crippen LogP contribution < -0.4 is 0 Å². The van der Waals surface area contributed by atoms with Gasteiger partial charge in [-0.15, -0.1) is 5.10 Å². The van der Waals surface area contributed by atoms with E-state index < -0.39 is 63.8 Å². The molecule has 7 nitrogen and oxygen atoms in total. The van der Waals surface area contributed by atoms with Gasteiger partial charge in [-0.2, -0.15) is 30.7 Å². The molecule has 0 N–H and O–H groups in total. The summed E-state index contributed by atoms with van der Waals surface area (Å²) in [6.07, 6.45) is -9.09. The van der Waals surface area contributed by atoms with Crippen molar-refractivity contribution >= 4 is 21.4 Å². The normalized spacial score (nSPS) is 23.9. The third-order valence-electron chi connectivity index (χ3n) is 8.22. The number of benzene rings is 1. The number of carbonyl (C=O) groups excluding carboxylic acids is 1. The Morgan fingerprint density at radius 2 is 1.71 bits per heavy atom. The number of alkyl halides is 6. The lowest BCUT2D eigenvalue weighted by atomic mass is 9.83. The summed E-state index contributed by atoms with van der Waals surface area (Å²) < 4.78 is 124. The maximum absolute atomic E-state index is 14.4. The Bertz CT molecular complexity index is 1590. The van der Waals surface area contributed by atoms with Crippen molar-refractivity contribution in [1.29, 1.82) is 0 Å². The molecule has 1 aliphatic heterocycles. The molecule has 2 aromatic heterocycles. The maximum Gasteiger partial charge on any atom is 0.413 e. The number of rotatable bonds is 4. The predicted molar refractivity (Wildman–Crippen MR) is 132 cm³/mol. The van der Waals surface area contributed by atoms with Crippen LogP contribution in [0.25, 0.3) is 5.65 Å². The van der Waals surface area contributed by atoms with Crippen molar-refractivity contribution in [2.24, 2.45) is 5.92 Å². The van der Waals surface area contributed by atoms with E-state index >= 15 is 0 Å². The van der Waals surface area contributed by atoms with Gasteiger partial charge in [-0.1, -0.05) is 24.3 Å². The summed E-state index contributed by atoms with van der Waals surface area (Å²) in [6, 6.07) is 3.34. The van der Waals surface area contributed by atoms with Crippen LogP contribution in [-0.2, 0) is 20.0 Å². The Kier molecular flexibility index (Phi) is 6.90. The minimum absolute atomic E-state index is 0.0739. The summed E-state index contributed by atoms with van der Waals surface area (Å²) >= 11 is 0. The number of hydrogen-bond donors (Lipinski definition) is 0. The Morgan fingerprint density at radius 1 is 1.10 bits per heavy atom. The molecule has 1 aromatic carbocycles. The molecule has 222 valence electrons. The molecule has 3 heterocycles. The Balaban J connectivity index is 1.48. The molecule has 1 amide bonds. The number of halogens is 7. The minimum Gasteiger partial charge on any atom is -0.330 e. The molecule has 3 atom stereocenters. The van der Waals surface area contributed by atoms with E-state index in [0.29, 0.717) is 4.90 Å². The standard InChI is InChI=1S/C26H25F7N4O3S/c1-24(26(31,32)33)12-17(18-13-34-20-11-19(27)35-37(20)22(18)24)14-3-5-15(6-4-14)21(25(28,29)30)36(2)23(38)16-7-9-41(39,40)10-8-16/h3-6,11,13,16-17,21H,7-10,12H2,1-2H3/t17-,21+,24-/m1/s1. The summed E-state index contributed by atoms with van der Waals surface area (Å²) in [7, 11) is -2.33. The van der Waals surface area contributed by atoms with Crippen LogP contribution >= 0.6 is 0 Å². The summed E-state index contributed by atoms with van der Waals surface area (Å²) in [5, 5.41) is 3.56. The fraction of sp³-hybridized carbons (Fsp3) is 0.500. The zero-order valence-corrected chi connectivity index (χ0v) is 22.6. The first-order valence-corrected chi connectivity index (χ1v) is 14.5. The fourth-order valence-electron chi connectivity index (χ4n) is 5.98. The zero-order valence-electron chi connectivity index (χ0n) is 21.8. The van der Waals surface area contributed by atoms with Crippen molar-refractivity contribution in [1.82, 2.24) is 19.5 Å². The average Bonchev–Trinajstić information content (AvgIpc) is 3.40. The van der Waals surface area contributed by atoms with Crippen LogP contribution in [0.2, 0.25) is 0 Å². The largest absolute Gasteiger partial charge is 0.413 e. The lowest BCUT2D eigenvalue weighted by Crippen LogP contribution is -2.44. The third-order valence-corrected chi connectivity index (χ3v) is 9.94. The van der Waals surface area contributed by atoms with Gasteiger partial charge in [0.25, 0.3) is 0 Å². The van der Waals surface area contributed by atoms with Gasteiger partial charge in [0.15, 0.2) is 11.7 Å². The molecule has 15 heteroatoms. The van der Waals surface area contributed by atoms with Crippen molar-refractivity contribution in [3.63, 3.8) is 0 Å². The number of carbonyl (C=O) groups is 1. The summed E-state index contributed by atoms with van der Waals surface area (Å²) in [5.74, 6) is -4.21. The van der Waals surface area contributed by atoms with E-state index in [1.54, 1.807) is 0 Å². The van der Waals surface area contributed by atoms with Gasteiger partial charge in [0.05, 0.1) is 17.2 Å². The highest BCUT2D eigenvalue weighted by Gasteiger charge is 2.60. The van der Waals surface area contributed by atoms with Crippen LogP contribution in [0.1, 0.15) is 60.5 Å². The van der Waals surface area contributed by atoms with Crippen molar-refractivity contribution < 1.29 is 43.9 Å². The van der Waals surface area contributed by atoms with Crippen LogP contribution in [0.15, 0.2) is 36.5 Å². The Hall–Kier alpha value is -3.23. The van der Waals surface area contributed by atoms with E-state index in [1.165, 1.54) is 18.3 Å². The van der Waals surface area contributed by atoms with Crippen molar-refractivity contribution in [3.05, 3.63) is 64.9 Å². The Morgan fingerprint density at radius 3 is 2.27 bits per heavy atom. The quantitative estimate of drug-likeness (QED) is 0.386. The van der Waals surface area contributed by atoms with Gasteiger partial charge in [0.1, 0.15) is 15.3 Å². The molecule has 1 fully saturated rings. The number of hydrogen-bond acceptors (Lipinski definition) is 5. The van der Waals surface area contributed by atoms with Crippen molar-refractivity contribution in [3.8, 4) is 0 Å². The molecule has 5 rings (SSSR count). The molecular formula is C26H25F7N4O3S. The third kappa shape index (κ3) is 5.06. The van der Waals surface area contributed by atoms with E-state index in [9.17, 15) is 43.9 Å². The van der Waals surface area contributed by atoms with E-state index in [4.69, 9.17) is 0 Å². The number of fused-ring (bicyclic) bond motifs is 3. The molecule has 0 saturated carbocycles. The molecule has 0 radical (unpaired) electrons. The number of aromatic nitrogens is 3. The summed E-state index contributed by atoms with van der Waals surface area (Å²) in [4.78, 5) is 17.5. The van der Waals surface area contributed by atoms with Gasteiger partial charge in [0.2, 0.25) is 11.9 Å². The van der Waals surface area contributed by atoms with Crippen molar-refractivity contribution in [2.75, 3.05) is 18.6 Å². The van der Waals surface area contributed by atoms with E-state index in [2.05, 4.69) is 10.1 Å². The van der Waals surface area contributed by atoms with Gasteiger partial charge in [-0.25, -0.2) is 17.9 Å². The molecule has 0 spiro atoms. The van der Waals surface area contributed by atoms with E-state index in [1.807, 2.05) is 0 Å². The van der Waals surface area contributed by atoms with Crippen molar-refractivity contribution in [2.45, 2.75) is 55.9 Å². The molecule has 41 heavy (non-hydrogen) atoms. The molecular weight excluding hydrogens is 581 g/mol. The highest BCUT2D eigenvalue weighted by atomic mass is 32.2. The van der Waals surface area contributed by atoms with Gasteiger partial charge >= 0.3 is 12.4 Å². The maximum atomic E-state index is 14.4. The topological polar surface area (TPSA) is 84.6 Å². The minimum atomic E-state index is -4.89.